The topological polar surface area (TPSA) is 12.0 Å². The molecule has 0 radical (unpaired) electrons. The summed E-state index contributed by atoms with van der Waals surface area (Å²) < 4.78 is 0. The van der Waals surface area contributed by atoms with Crippen molar-refractivity contribution < 1.29 is 0 Å². The first-order chi connectivity index (χ1) is 6.39. The van der Waals surface area contributed by atoms with Gasteiger partial charge in [0.05, 0.1) is 0 Å². The average molecular weight is 193 g/mol. The Bertz CT molecular complexity index is 263. The summed E-state index contributed by atoms with van der Waals surface area (Å²) in [6, 6.07) is 0.653. The van der Waals surface area contributed by atoms with E-state index in [0.717, 1.165) is 5.92 Å². The highest BCUT2D eigenvalue weighted by Gasteiger charge is 2.73. The molecule has 4 bridgehead atoms. The Morgan fingerprint density at radius 1 is 1.07 bits per heavy atom. The van der Waals surface area contributed by atoms with Crippen LogP contribution < -0.4 is 5.32 Å². The molecular weight excluding hydrogens is 170 g/mol. The Morgan fingerprint density at radius 2 is 1.57 bits per heavy atom. The van der Waals surface area contributed by atoms with Crippen LogP contribution in [0.4, 0.5) is 0 Å². The molecule has 1 heteroatoms. The van der Waals surface area contributed by atoms with Crippen LogP contribution in [0.25, 0.3) is 0 Å². The number of nitrogens with one attached hydrogen (secondary N) is 1. The Labute approximate surface area is 87.7 Å². The van der Waals surface area contributed by atoms with Crippen LogP contribution in [0.5, 0.6) is 0 Å². The second-order valence-corrected chi connectivity index (χ2v) is 7.04. The molecule has 0 saturated heterocycles. The van der Waals surface area contributed by atoms with Crippen LogP contribution in [0.3, 0.4) is 0 Å². The Morgan fingerprint density at radius 3 is 1.86 bits per heavy atom. The molecule has 4 saturated carbocycles. The van der Waals surface area contributed by atoms with Gasteiger partial charge in [0, 0.05) is 11.6 Å². The molecule has 0 heterocycles. The van der Waals surface area contributed by atoms with Crippen molar-refractivity contribution in [1.29, 1.82) is 0 Å². The Kier molecular flexibility index (Phi) is 1.45. The fraction of sp³-hybridized carbons (Fsp3) is 1.00. The van der Waals surface area contributed by atoms with Crippen LogP contribution in [-0.4, -0.2) is 11.6 Å². The predicted molar refractivity (Wildman–Crippen MR) is 59.2 cm³/mol. The van der Waals surface area contributed by atoms with Crippen LogP contribution in [-0.2, 0) is 0 Å². The molecule has 4 fully saturated rings. The van der Waals surface area contributed by atoms with Gasteiger partial charge in [0.1, 0.15) is 0 Å². The number of hydrogen-bond acceptors (Lipinski definition) is 1. The third-order valence-corrected chi connectivity index (χ3v) is 5.62. The summed E-state index contributed by atoms with van der Waals surface area (Å²) in [5, 5.41) is 3.89. The predicted octanol–water partition coefficient (Wildman–Crippen LogP) is 2.95. The van der Waals surface area contributed by atoms with E-state index in [9.17, 15) is 0 Å². The summed E-state index contributed by atoms with van der Waals surface area (Å²) in [7, 11) is 0. The molecule has 4 aliphatic rings. The van der Waals surface area contributed by atoms with E-state index < -0.39 is 0 Å². The third kappa shape index (κ3) is 0.816. The fourth-order valence-corrected chi connectivity index (χ4v) is 5.15. The van der Waals surface area contributed by atoms with Crippen LogP contribution >= 0.6 is 0 Å². The lowest BCUT2D eigenvalue weighted by atomic mass is 9.71. The van der Waals surface area contributed by atoms with E-state index >= 15 is 0 Å². The van der Waals surface area contributed by atoms with Crippen molar-refractivity contribution in [3.8, 4) is 0 Å². The van der Waals surface area contributed by atoms with Gasteiger partial charge in [-0.2, -0.15) is 0 Å². The third-order valence-electron chi connectivity index (χ3n) is 5.62. The second kappa shape index (κ2) is 2.21. The van der Waals surface area contributed by atoms with E-state index in [4.69, 9.17) is 0 Å². The van der Waals surface area contributed by atoms with Crippen LogP contribution in [0.2, 0.25) is 0 Å². The van der Waals surface area contributed by atoms with Crippen LogP contribution in [0.1, 0.15) is 53.4 Å². The standard InChI is InChI=1S/C13H23N/c1-9(2)14-13-7-11(3)5-10(13)6-12(11,4)8-13/h9-10,14H,5-8H2,1-4H3. The smallest absolute Gasteiger partial charge is 0.0223 e. The van der Waals surface area contributed by atoms with Crippen molar-refractivity contribution in [1.82, 2.24) is 5.32 Å². The maximum absolute atomic E-state index is 3.89. The first-order valence-electron chi connectivity index (χ1n) is 6.17. The van der Waals surface area contributed by atoms with Gasteiger partial charge in [0.25, 0.3) is 0 Å². The summed E-state index contributed by atoms with van der Waals surface area (Å²) in [6.45, 7) is 9.65. The molecule has 0 aromatic rings. The lowest BCUT2D eigenvalue weighted by Gasteiger charge is -2.33. The van der Waals surface area contributed by atoms with Gasteiger partial charge in [-0.3, -0.25) is 0 Å². The average Bonchev–Trinajstić information content (AvgIpc) is 2.46. The summed E-state index contributed by atoms with van der Waals surface area (Å²) in [5.74, 6) is 0.986. The maximum Gasteiger partial charge on any atom is 0.0223 e. The molecule has 2 atom stereocenters. The van der Waals surface area contributed by atoms with E-state index in [2.05, 4.69) is 33.0 Å². The summed E-state index contributed by atoms with van der Waals surface area (Å²) >= 11 is 0. The van der Waals surface area contributed by atoms with Crippen LogP contribution in [0, 0.1) is 16.7 Å². The highest BCUT2D eigenvalue weighted by Crippen LogP contribution is 2.77. The largest absolute Gasteiger partial charge is 0.309 e. The van der Waals surface area contributed by atoms with Crippen molar-refractivity contribution in [2.75, 3.05) is 0 Å². The van der Waals surface area contributed by atoms with E-state index in [1.807, 2.05) is 0 Å². The molecule has 1 N–H and O–H groups in total. The zero-order valence-electron chi connectivity index (χ0n) is 9.98. The molecule has 0 aromatic heterocycles. The molecule has 0 spiro atoms. The van der Waals surface area contributed by atoms with Gasteiger partial charge in [-0.1, -0.05) is 27.7 Å². The van der Waals surface area contributed by atoms with Gasteiger partial charge in [0.2, 0.25) is 0 Å². The van der Waals surface area contributed by atoms with E-state index in [1.54, 1.807) is 0 Å². The van der Waals surface area contributed by atoms with E-state index in [1.165, 1.54) is 25.7 Å². The molecule has 80 valence electrons. The molecule has 14 heavy (non-hydrogen) atoms. The molecule has 0 amide bonds. The number of hydrogen-bond donors (Lipinski definition) is 1. The normalized spacial score (nSPS) is 59.4. The molecule has 0 aliphatic heterocycles. The molecule has 4 rings (SSSR count). The minimum Gasteiger partial charge on any atom is -0.309 e. The second-order valence-electron chi connectivity index (χ2n) is 7.04. The maximum atomic E-state index is 3.89. The van der Waals surface area contributed by atoms with Gasteiger partial charge >= 0.3 is 0 Å². The SMILES string of the molecule is CC(C)NC12CC3(C)CC1CC3(C)C2. The molecule has 1 nitrogen and oxygen atoms in total. The summed E-state index contributed by atoms with van der Waals surface area (Å²) in [5.41, 5.74) is 1.87. The Balaban J connectivity index is 1.95. The summed E-state index contributed by atoms with van der Waals surface area (Å²) in [4.78, 5) is 0. The minimum atomic E-state index is 0.539. The number of rotatable bonds is 2. The molecule has 0 aromatic carbocycles. The van der Waals surface area contributed by atoms with Crippen molar-refractivity contribution >= 4 is 0 Å². The minimum absolute atomic E-state index is 0.539. The Hall–Kier alpha value is -0.0400. The fourth-order valence-electron chi connectivity index (χ4n) is 5.15. The van der Waals surface area contributed by atoms with Gasteiger partial charge in [-0.15, -0.1) is 0 Å². The molecule has 2 unspecified atom stereocenters. The highest BCUT2D eigenvalue weighted by atomic mass is 15.1. The van der Waals surface area contributed by atoms with Crippen LogP contribution in [0.15, 0.2) is 0 Å². The van der Waals surface area contributed by atoms with E-state index in [-0.39, 0.29) is 0 Å². The molecular formula is C13H23N. The zero-order chi connectivity index (χ0) is 10.2. The lowest BCUT2D eigenvalue weighted by molar-refractivity contribution is 0.157. The van der Waals surface area contributed by atoms with Gasteiger partial charge in [0.15, 0.2) is 0 Å². The van der Waals surface area contributed by atoms with Crippen molar-refractivity contribution in [2.45, 2.75) is 65.0 Å². The van der Waals surface area contributed by atoms with Crippen molar-refractivity contribution in [3.05, 3.63) is 0 Å². The van der Waals surface area contributed by atoms with Crippen molar-refractivity contribution in [3.63, 3.8) is 0 Å². The van der Waals surface area contributed by atoms with Crippen molar-refractivity contribution in [2.24, 2.45) is 16.7 Å². The van der Waals surface area contributed by atoms with Gasteiger partial charge in [-0.05, 0) is 42.4 Å². The van der Waals surface area contributed by atoms with E-state index in [0.29, 0.717) is 22.4 Å². The first kappa shape index (κ1) is 9.21. The zero-order valence-corrected chi connectivity index (χ0v) is 9.98. The van der Waals surface area contributed by atoms with Gasteiger partial charge < -0.3 is 5.32 Å². The highest BCUT2D eigenvalue weighted by molar-refractivity contribution is 5.27. The molecule has 4 aliphatic carbocycles. The monoisotopic (exact) mass is 193 g/mol. The quantitative estimate of drug-likeness (QED) is 0.711. The lowest BCUT2D eigenvalue weighted by Crippen LogP contribution is -2.48. The summed E-state index contributed by atoms with van der Waals surface area (Å²) in [6.07, 6.45) is 5.87. The first-order valence-corrected chi connectivity index (χ1v) is 6.17. The van der Waals surface area contributed by atoms with Gasteiger partial charge in [-0.25, -0.2) is 0 Å².